The van der Waals surface area contributed by atoms with Crippen LogP contribution in [0.1, 0.15) is 25.7 Å². The SMILES string of the molecule is NC1CCCCC1CNc1cccnn1. The summed E-state index contributed by atoms with van der Waals surface area (Å²) in [4.78, 5) is 0. The highest BCUT2D eigenvalue weighted by Gasteiger charge is 2.21. The third-order valence-electron chi connectivity index (χ3n) is 3.09. The van der Waals surface area contributed by atoms with Gasteiger partial charge in [0.1, 0.15) is 5.82 Å². The number of aromatic nitrogens is 2. The Kier molecular flexibility index (Phi) is 3.50. The van der Waals surface area contributed by atoms with Crippen LogP contribution < -0.4 is 11.1 Å². The Hall–Kier alpha value is -1.16. The first kappa shape index (κ1) is 10.4. The Morgan fingerprint density at radius 2 is 2.27 bits per heavy atom. The van der Waals surface area contributed by atoms with Gasteiger partial charge >= 0.3 is 0 Å². The molecule has 0 saturated heterocycles. The summed E-state index contributed by atoms with van der Waals surface area (Å²) in [5, 5.41) is 11.1. The molecule has 0 bridgehead atoms. The maximum absolute atomic E-state index is 6.07. The number of hydrogen-bond donors (Lipinski definition) is 2. The predicted octanol–water partition coefficient (Wildman–Crippen LogP) is 1.41. The van der Waals surface area contributed by atoms with E-state index in [9.17, 15) is 0 Å². The zero-order chi connectivity index (χ0) is 10.5. The molecule has 2 atom stereocenters. The van der Waals surface area contributed by atoms with Crippen molar-refractivity contribution in [3.05, 3.63) is 18.3 Å². The molecule has 0 amide bonds. The molecule has 4 nitrogen and oxygen atoms in total. The maximum atomic E-state index is 6.07. The van der Waals surface area contributed by atoms with Crippen molar-refractivity contribution in [2.45, 2.75) is 31.7 Å². The van der Waals surface area contributed by atoms with Crippen molar-refractivity contribution in [3.63, 3.8) is 0 Å². The Labute approximate surface area is 90.3 Å². The van der Waals surface area contributed by atoms with E-state index >= 15 is 0 Å². The van der Waals surface area contributed by atoms with Crippen molar-refractivity contribution < 1.29 is 0 Å². The van der Waals surface area contributed by atoms with E-state index in [4.69, 9.17) is 5.73 Å². The summed E-state index contributed by atoms with van der Waals surface area (Å²) in [7, 11) is 0. The molecule has 2 rings (SSSR count). The monoisotopic (exact) mass is 206 g/mol. The lowest BCUT2D eigenvalue weighted by atomic mass is 9.85. The highest BCUT2D eigenvalue weighted by atomic mass is 15.2. The van der Waals surface area contributed by atoms with Crippen molar-refractivity contribution in [1.29, 1.82) is 0 Å². The molecule has 1 heterocycles. The van der Waals surface area contributed by atoms with Crippen LogP contribution in [0.15, 0.2) is 18.3 Å². The highest BCUT2D eigenvalue weighted by molar-refractivity contribution is 5.31. The summed E-state index contributed by atoms with van der Waals surface area (Å²) in [5.41, 5.74) is 6.07. The Bertz CT molecular complexity index is 288. The highest BCUT2D eigenvalue weighted by Crippen LogP contribution is 2.22. The fourth-order valence-electron chi connectivity index (χ4n) is 2.12. The van der Waals surface area contributed by atoms with Gasteiger partial charge in [0.05, 0.1) is 0 Å². The lowest BCUT2D eigenvalue weighted by Gasteiger charge is -2.28. The van der Waals surface area contributed by atoms with Gasteiger partial charge < -0.3 is 11.1 Å². The average Bonchev–Trinajstić information content (AvgIpc) is 2.29. The molecule has 2 unspecified atom stereocenters. The van der Waals surface area contributed by atoms with Gasteiger partial charge in [-0.05, 0) is 30.9 Å². The number of hydrogen-bond acceptors (Lipinski definition) is 4. The largest absolute Gasteiger partial charge is 0.368 e. The molecule has 3 N–H and O–H groups in total. The van der Waals surface area contributed by atoms with E-state index in [0.717, 1.165) is 18.8 Å². The van der Waals surface area contributed by atoms with Crippen LogP contribution in [0.2, 0.25) is 0 Å². The van der Waals surface area contributed by atoms with E-state index in [1.165, 1.54) is 19.3 Å². The minimum Gasteiger partial charge on any atom is -0.368 e. The number of nitrogens with one attached hydrogen (secondary N) is 1. The van der Waals surface area contributed by atoms with Gasteiger partial charge in [-0.1, -0.05) is 12.8 Å². The molecule has 1 saturated carbocycles. The summed E-state index contributed by atoms with van der Waals surface area (Å²) in [6.45, 7) is 0.917. The minimum absolute atomic E-state index is 0.350. The smallest absolute Gasteiger partial charge is 0.148 e. The van der Waals surface area contributed by atoms with Crippen molar-refractivity contribution in [3.8, 4) is 0 Å². The maximum Gasteiger partial charge on any atom is 0.148 e. The fraction of sp³-hybridized carbons (Fsp3) is 0.636. The lowest BCUT2D eigenvalue weighted by molar-refractivity contribution is 0.321. The molecule has 1 fully saturated rings. The molecule has 1 aliphatic carbocycles. The van der Waals surface area contributed by atoms with Crippen LogP contribution in [0.5, 0.6) is 0 Å². The van der Waals surface area contributed by atoms with E-state index in [2.05, 4.69) is 15.5 Å². The zero-order valence-corrected chi connectivity index (χ0v) is 8.89. The number of nitrogens with two attached hydrogens (primary N) is 1. The van der Waals surface area contributed by atoms with Gasteiger partial charge in [-0.25, -0.2) is 0 Å². The first-order valence-electron chi connectivity index (χ1n) is 5.63. The standard InChI is InChI=1S/C11H18N4/c12-10-5-2-1-4-9(10)8-13-11-6-3-7-14-15-11/h3,6-7,9-10H,1-2,4-5,8,12H2,(H,13,15). The molecule has 1 aromatic rings. The summed E-state index contributed by atoms with van der Waals surface area (Å²) in [5.74, 6) is 1.43. The zero-order valence-electron chi connectivity index (χ0n) is 8.89. The second-order valence-electron chi connectivity index (χ2n) is 4.20. The predicted molar refractivity (Wildman–Crippen MR) is 60.5 cm³/mol. The van der Waals surface area contributed by atoms with Gasteiger partial charge in [-0.3, -0.25) is 0 Å². The van der Waals surface area contributed by atoms with E-state index in [0.29, 0.717) is 12.0 Å². The van der Waals surface area contributed by atoms with Gasteiger partial charge in [-0.15, -0.1) is 5.10 Å². The molecule has 0 aromatic carbocycles. The molecular weight excluding hydrogens is 188 g/mol. The fourth-order valence-corrected chi connectivity index (χ4v) is 2.12. The molecule has 82 valence electrons. The van der Waals surface area contributed by atoms with Crippen LogP contribution in [0.4, 0.5) is 5.82 Å². The average molecular weight is 206 g/mol. The first-order chi connectivity index (χ1) is 7.36. The van der Waals surface area contributed by atoms with Crippen LogP contribution in [0, 0.1) is 5.92 Å². The van der Waals surface area contributed by atoms with Crippen molar-refractivity contribution in [1.82, 2.24) is 10.2 Å². The minimum atomic E-state index is 0.350. The molecular formula is C11H18N4. The summed E-state index contributed by atoms with van der Waals surface area (Å²) in [6.07, 6.45) is 6.65. The number of nitrogens with zero attached hydrogens (tertiary/aromatic N) is 2. The summed E-state index contributed by atoms with van der Waals surface area (Å²) >= 11 is 0. The van der Waals surface area contributed by atoms with Gasteiger partial charge in [0.25, 0.3) is 0 Å². The molecule has 4 heteroatoms. The van der Waals surface area contributed by atoms with Crippen molar-refractivity contribution >= 4 is 5.82 Å². The Morgan fingerprint density at radius 1 is 1.40 bits per heavy atom. The molecule has 1 aliphatic rings. The van der Waals surface area contributed by atoms with Gasteiger partial charge in [0, 0.05) is 18.8 Å². The van der Waals surface area contributed by atoms with Crippen LogP contribution in [-0.2, 0) is 0 Å². The Balaban J connectivity index is 1.82. The van der Waals surface area contributed by atoms with Crippen LogP contribution in [0.3, 0.4) is 0 Å². The topological polar surface area (TPSA) is 63.8 Å². The molecule has 0 radical (unpaired) electrons. The van der Waals surface area contributed by atoms with Gasteiger partial charge in [-0.2, -0.15) is 5.10 Å². The third kappa shape index (κ3) is 2.89. The van der Waals surface area contributed by atoms with Crippen molar-refractivity contribution in [2.75, 3.05) is 11.9 Å². The van der Waals surface area contributed by atoms with E-state index in [1.54, 1.807) is 6.20 Å². The second-order valence-corrected chi connectivity index (χ2v) is 4.20. The first-order valence-corrected chi connectivity index (χ1v) is 5.63. The van der Waals surface area contributed by atoms with E-state index < -0.39 is 0 Å². The van der Waals surface area contributed by atoms with Crippen LogP contribution in [0.25, 0.3) is 0 Å². The van der Waals surface area contributed by atoms with Crippen LogP contribution in [-0.4, -0.2) is 22.8 Å². The second kappa shape index (κ2) is 5.07. The molecule has 15 heavy (non-hydrogen) atoms. The summed E-state index contributed by atoms with van der Waals surface area (Å²) in [6, 6.07) is 4.17. The molecule has 1 aromatic heterocycles. The summed E-state index contributed by atoms with van der Waals surface area (Å²) < 4.78 is 0. The van der Waals surface area contributed by atoms with Crippen molar-refractivity contribution in [2.24, 2.45) is 11.7 Å². The van der Waals surface area contributed by atoms with Crippen LogP contribution >= 0.6 is 0 Å². The quantitative estimate of drug-likeness (QED) is 0.784. The lowest BCUT2D eigenvalue weighted by Crippen LogP contribution is -2.37. The van der Waals surface area contributed by atoms with E-state index in [1.807, 2.05) is 12.1 Å². The Morgan fingerprint density at radius 3 is 3.00 bits per heavy atom. The van der Waals surface area contributed by atoms with Gasteiger partial charge in [0.15, 0.2) is 0 Å². The van der Waals surface area contributed by atoms with E-state index in [-0.39, 0.29) is 0 Å². The number of rotatable bonds is 3. The van der Waals surface area contributed by atoms with Gasteiger partial charge in [0.2, 0.25) is 0 Å². The number of anilines is 1. The molecule has 0 spiro atoms. The normalized spacial score (nSPS) is 26.2. The molecule has 0 aliphatic heterocycles. The third-order valence-corrected chi connectivity index (χ3v) is 3.09.